The number of nitrogens with zero attached hydrogens (tertiary/aromatic N) is 1. The Kier molecular flexibility index (Phi) is 3.65. The third-order valence-corrected chi connectivity index (χ3v) is 4.93. The van der Waals surface area contributed by atoms with E-state index < -0.39 is 12.1 Å². The number of fused-ring (bicyclic) bond motifs is 1. The van der Waals surface area contributed by atoms with Crippen LogP contribution in [0.15, 0.2) is 24.3 Å². The van der Waals surface area contributed by atoms with Crippen molar-refractivity contribution < 1.29 is 19.4 Å². The van der Waals surface area contributed by atoms with Crippen molar-refractivity contribution in [3.8, 4) is 0 Å². The van der Waals surface area contributed by atoms with E-state index in [4.69, 9.17) is 9.84 Å². The van der Waals surface area contributed by atoms with Crippen LogP contribution in [0.4, 0.5) is 0 Å². The van der Waals surface area contributed by atoms with Crippen LogP contribution in [0, 0.1) is 6.92 Å². The van der Waals surface area contributed by atoms with Gasteiger partial charge in [-0.1, -0.05) is 18.2 Å². The summed E-state index contributed by atoms with van der Waals surface area (Å²) in [5.41, 5.74) is 0.957. The first kappa shape index (κ1) is 14.0. The third kappa shape index (κ3) is 2.52. The number of thiophene rings is 1. The predicted molar refractivity (Wildman–Crippen MR) is 79.8 cm³/mol. The molecular weight excluding hydrogens is 290 g/mol. The zero-order valence-electron chi connectivity index (χ0n) is 11.5. The molecule has 0 unspecified atom stereocenters. The summed E-state index contributed by atoms with van der Waals surface area (Å²) in [6.07, 6.45) is -0.933. The van der Waals surface area contributed by atoms with E-state index in [2.05, 4.69) is 0 Å². The molecule has 1 N–H and O–H groups in total. The van der Waals surface area contributed by atoms with Gasteiger partial charge in [-0.25, -0.2) is 4.79 Å². The van der Waals surface area contributed by atoms with Crippen molar-refractivity contribution >= 4 is 33.3 Å². The lowest BCUT2D eigenvalue weighted by Crippen LogP contribution is -2.48. The van der Waals surface area contributed by atoms with Crippen LogP contribution in [-0.4, -0.2) is 47.7 Å². The van der Waals surface area contributed by atoms with Crippen LogP contribution in [0.3, 0.4) is 0 Å². The molecule has 21 heavy (non-hydrogen) atoms. The molecule has 1 aromatic heterocycles. The number of aryl methyl sites for hydroxylation is 1. The van der Waals surface area contributed by atoms with Crippen LogP contribution in [-0.2, 0) is 9.53 Å². The van der Waals surface area contributed by atoms with Crippen molar-refractivity contribution in [1.29, 1.82) is 0 Å². The zero-order chi connectivity index (χ0) is 15.0. The number of carbonyl (C=O) groups excluding carboxylic acids is 1. The Balaban J connectivity index is 1.90. The van der Waals surface area contributed by atoms with Gasteiger partial charge in [0.05, 0.1) is 18.0 Å². The fraction of sp³-hybridized carbons (Fsp3) is 0.333. The van der Waals surface area contributed by atoms with Crippen molar-refractivity contribution in [2.24, 2.45) is 0 Å². The lowest BCUT2D eigenvalue weighted by atomic mass is 10.1. The molecule has 2 aromatic rings. The first-order valence-corrected chi connectivity index (χ1v) is 7.51. The fourth-order valence-corrected chi connectivity index (χ4v) is 3.68. The highest BCUT2D eigenvalue weighted by atomic mass is 32.1. The highest BCUT2D eigenvalue weighted by Crippen LogP contribution is 2.31. The molecule has 1 aliphatic rings. The molecule has 5 nitrogen and oxygen atoms in total. The second-order valence-electron chi connectivity index (χ2n) is 5.00. The lowest BCUT2D eigenvalue weighted by Gasteiger charge is -2.30. The number of aliphatic carboxylic acids is 1. The normalized spacial score (nSPS) is 18.9. The van der Waals surface area contributed by atoms with Crippen LogP contribution in [0.25, 0.3) is 10.1 Å². The summed E-state index contributed by atoms with van der Waals surface area (Å²) in [5.74, 6) is -1.14. The largest absolute Gasteiger partial charge is 0.479 e. The lowest BCUT2D eigenvalue weighted by molar-refractivity contribution is -0.154. The molecule has 0 saturated carbocycles. The van der Waals surface area contributed by atoms with Crippen LogP contribution < -0.4 is 0 Å². The maximum Gasteiger partial charge on any atom is 0.334 e. The Morgan fingerprint density at radius 3 is 2.86 bits per heavy atom. The number of carboxylic acid groups (broad SMARTS) is 1. The van der Waals surface area contributed by atoms with Gasteiger partial charge in [-0.3, -0.25) is 4.79 Å². The number of ether oxygens (including phenoxy) is 1. The maximum absolute atomic E-state index is 12.6. The summed E-state index contributed by atoms with van der Waals surface area (Å²) < 4.78 is 6.23. The topological polar surface area (TPSA) is 66.8 Å². The average Bonchev–Trinajstić information content (AvgIpc) is 2.84. The quantitative estimate of drug-likeness (QED) is 0.923. The highest BCUT2D eigenvalue weighted by Gasteiger charge is 2.30. The summed E-state index contributed by atoms with van der Waals surface area (Å²) in [6, 6.07) is 7.88. The van der Waals surface area contributed by atoms with E-state index in [1.54, 1.807) is 4.90 Å². The maximum atomic E-state index is 12.6. The molecule has 2 heterocycles. The van der Waals surface area contributed by atoms with E-state index in [0.717, 1.165) is 15.6 Å². The van der Waals surface area contributed by atoms with Gasteiger partial charge in [0.25, 0.3) is 5.91 Å². The second-order valence-corrected chi connectivity index (χ2v) is 6.05. The molecule has 0 spiro atoms. The minimum absolute atomic E-state index is 0.0991. The SMILES string of the molecule is Cc1c(C(=O)N2CCO[C@@H](C(=O)O)C2)sc2ccccc12. The van der Waals surface area contributed by atoms with Gasteiger partial charge < -0.3 is 14.7 Å². The van der Waals surface area contributed by atoms with Gasteiger partial charge in [-0.05, 0) is 23.9 Å². The molecule has 1 aliphatic heterocycles. The number of carbonyl (C=O) groups is 2. The van der Waals surface area contributed by atoms with Crippen LogP contribution in [0.2, 0.25) is 0 Å². The van der Waals surface area contributed by atoms with E-state index in [1.807, 2.05) is 31.2 Å². The Bertz CT molecular complexity index is 709. The second kappa shape index (κ2) is 5.46. The van der Waals surface area contributed by atoms with Crippen molar-refractivity contribution in [3.63, 3.8) is 0 Å². The van der Waals surface area contributed by atoms with Gasteiger partial charge in [0.2, 0.25) is 0 Å². The highest BCUT2D eigenvalue weighted by molar-refractivity contribution is 7.21. The molecule has 1 amide bonds. The van der Waals surface area contributed by atoms with Crippen LogP contribution in [0.1, 0.15) is 15.2 Å². The molecule has 110 valence electrons. The molecule has 0 aliphatic carbocycles. The molecule has 0 bridgehead atoms. The number of benzene rings is 1. The Labute approximate surface area is 125 Å². The minimum atomic E-state index is -1.03. The van der Waals surface area contributed by atoms with E-state index in [1.165, 1.54) is 11.3 Å². The third-order valence-electron chi connectivity index (χ3n) is 3.67. The molecule has 1 fully saturated rings. The molecular formula is C15H15NO4S. The van der Waals surface area contributed by atoms with Gasteiger partial charge in [0, 0.05) is 11.2 Å². The zero-order valence-corrected chi connectivity index (χ0v) is 12.4. The first-order valence-electron chi connectivity index (χ1n) is 6.69. The Morgan fingerprint density at radius 1 is 1.38 bits per heavy atom. The van der Waals surface area contributed by atoms with E-state index in [0.29, 0.717) is 11.4 Å². The molecule has 6 heteroatoms. The predicted octanol–water partition coefficient (Wildman–Crippen LogP) is 2.14. The van der Waals surface area contributed by atoms with Gasteiger partial charge in [0.1, 0.15) is 0 Å². The summed E-state index contributed by atoms with van der Waals surface area (Å²) in [6.45, 7) is 2.71. The molecule has 1 atom stereocenters. The molecule has 1 aromatic carbocycles. The summed E-state index contributed by atoms with van der Waals surface area (Å²) in [4.78, 5) is 25.9. The number of carboxylic acids is 1. The van der Waals surface area contributed by atoms with Gasteiger partial charge in [0.15, 0.2) is 6.10 Å². The average molecular weight is 305 g/mol. The number of amides is 1. The van der Waals surface area contributed by atoms with Crippen LogP contribution in [0.5, 0.6) is 0 Å². The number of hydrogen-bond acceptors (Lipinski definition) is 4. The molecule has 0 radical (unpaired) electrons. The standard InChI is InChI=1S/C15H15NO4S/c1-9-10-4-2-3-5-12(10)21-13(9)14(17)16-6-7-20-11(8-16)15(18)19/h2-5,11H,6-8H2,1H3,(H,18,19)/t11-/m1/s1. The van der Waals surface area contributed by atoms with E-state index >= 15 is 0 Å². The smallest absolute Gasteiger partial charge is 0.334 e. The number of rotatable bonds is 2. The van der Waals surface area contributed by atoms with Gasteiger partial charge in [-0.15, -0.1) is 11.3 Å². The Hall–Kier alpha value is -1.92. The van der Waals surface area contributed by atoms with E-state index in [-0.39, 0.29) is 19.1 Å². The minimum Gasteiger partial charge on any atom is -0.479 e. The van der Waals surface area contributed by atoms with Crippen molar-refractivity contribution in [1.82, 2.24) is 4.90 Å². The van der Waals surface area contributed by atoms with Crippen LogP contribution >= 0.6 is 11.3 Å². The number of hydrogen-bond donors (Lipinski definition) is 1. The molecule has 3 rings (SSSR count). The fourth-order valence-electron chi connectivity index (χ4n) is 2.51. The molecule has 1 saturated heterocycles. The van der Waals surface area contributed by atoms with E-state index in [9.17, 15) is 9.59 Å². The summed E-state index contributed by atoms with van der Waals surface area (Å²) >= 11 is 1.46. The first-order chi connectivity index (χ1) is 10.1. The Morgan fingerprint density at radius 2 is 2.14 bits per heavy atom. The number of morpholine rings is 1. The van der Waals surface area contributed by atoms with Gasteiger partial charge in [-0.2, -0.15) is 0 Å². The van der Waals surface area contributed by atoms with Crippen molar-refractivity contribution in [2.75, 3.05) is 19.7 Å². The summed E-state index contributed by atoms with van der Waals surface area (Å²) in [5, 5.41) is 10.1. The van der Waals surface area contributed by atoms with Crippen molar-refractivity contribution in [3.05, 3.63) is 34.7 Å². The summed E-state index contributed by atoms with van der Waals surface area (Å²) in [7, 11) is 0. The van der Waals surface area contributed by atoms with Gasteiger partial charge >= 0.3 is 5.97 Å². The monoisotopic (exact) mass is 305 g/mol. The van der Waals surface area contributed by atoms with Crippen molar-refractivity contribution in [2.45, 2.75) is 13.0 Å².